The molecule has 0 radical (unpaired) electrons. The minimum Gasteiger partial charge on any atom is -0.469 e. The highest BCUT2D eigenvalue weighted by molar-refractivity contribution is 7.92. The number of nitrogens with two attached hydrogens (primary N) is 1. The molecule has 0 aliphatic rings. The summed E-state index contributed by atoms with van der Waals surface area (Å²) in [6.45, 7) is 2.98. The molecule has 0 heterocycles. The van der Waals surface area contributed by atoms with Gasteiger partial charge in [-0.15, -0.1) is 0 Å². The second-order valence-corrected chi connectivity index (χ2v) is 5.78. The minimum atomic E-state index is -3.70. The number of carbonyl (C=O) groups excluding carboxylic acids is 2. The number of esters is 1. The first kappa shape index (κ1) is 14.9. The average molecular weight is 251 g/mol. The van der Waals surface area contributed by atoms with Crippen molar-refractivity contribution in [1.29, 1.82) is 0 Å². The zero-order valence-electron chi connectivity index (χ0n) is 9.60. The van der Waals surface area contributed by atoms with Crippen molar-refractivity contribution in [2.45, 2.75) is 25.5 Å². The van der Waals surface area contributed by atoms with E-state index in [9.17, 15) is 18.0 Å². The predicted octanol–water partition coefficient (Wildman–Crippen LogP) is -0.526. The van der Waals surface area contributed by atoms with E-state index < -0.39 is 38.6 Å². The normalized spacial score (nSPS) is 15.2. The highest BCUT2D eigenvalue weighted by Crippen LogP contribution is 2.12. The van der Waals surface area contributed by atoms with Gasteiger partial charge in [0.15, 0.2) is 9.84 Å². The summed E-state index contributed by atoms with van der Waals surface area (Å²) in [4.78, 5) is 22.0. The summed E-state index contributed by atoms with van der Waals surface area (Å²) in [5.41, 5.74) is 4.98. The Bertz CT molecular complexity index is 362. The van der Waals surface area contributed by atoms with Crippen LogP contribution in [-0.4, -0.2) is 38.4 Å². The van der Waals surface area contributed by atoms with Crippen LogP contribution in [-0.2, 0) is 24.2 Å². The number of methoxy groups -OCH3 is 1. The van der Waals surface area contributed by atoms with Gasteiger partial charge in [-0.2, -0.15) is 0 Å². The maximum absolute atomic E-state index is 11.7. The van der Waals surface area contributed by atoms with Crippen molar-refractivity contribution in [1.82, 2.24) is 0 Å². The number of amides is 1. The molecule has 0 aromatic heterocycles. The number of hydrogen-bond donors (Lipinski definition) is 1. The molecule has 0 aromatic rings. The SMILES string of the molecule is CCC(C(N)=O)S(=O)(=O)CC(C)C(=O)OC. The quantitative estimate of drug-likeness (QED) is 0.639. The van der Waals surface area contributed by atoms with E-state index in [2.05, 4.69) is 4.74 Å². The summed E-state index contributed by atoms with van der Waals surface area (Å²) in [6, 6.07) is 0. The standard InChI is InChI=1S/C9H17NO5S/c1-4-7(8(10)11)16(13,14)5-6(2)9(12)15-3/h6-7H,4-5H2,1-3H3,(H2,10,11). The molecular formula is C9H17NO5S. The van der Waals surface area contributed by atoms with Gasteiger partial charge < -0.3 is 10.5 Å². The van der Waals surface area contributed by atoms with Gasteiger partial charge in [0.1, 0.15) is 5.25 Å². The highest BCUT2D eigenvalue weighted by Gasteiger charge is 2.32. The van der Waals surface area contributed by atoms with E-state index in [0.29, 0.717) is 0 Å². The highest BCUT2D eigenvalue weighted by atomic mass is 32.2. The van der Waals surface area contributed by atoms with Gasteiger partial charge >= 0.3 is 5.97 Å². The molecule has 1 amide bonds. The predicted molar refractivity (Wildman–Crippen MR) is 58.2 cm³/mol. The van der Waals surface area contributed by atoms with Crippen molar-refractivity contribution in [2.24, 2.45) is 11.7 Å². The van der Waals surface area contributed by atoms with E-state index >= 15 is 0 Å². The topological polar surface area (TPSA) is 104 Å². The Morgan fingerprint density at radius 1 is 1.38 bits per heavy atom. The van der Waals surface area contributed by atoms with E-state index in [-0.39, 0.29) is 6.42 Å². The van der Waals surface area contributed by atoms with Crippen molar-refractivity contribution in [3.8, 4) is 0 Å². The molecule has 6 nitrogen and oxygen atoms in total. The van der Waals surface area contributed by atoms with Crippen molar-refractivity contribution in [3.63, 3.8) is 0 Å². The van der Waals surface area contributed by atoms with Crippen LogP contribution in [0.2, 0.25) is 0 Å². The van der Waals surface area contributed by atoms with Crippen LogP contribution in [0.1, 0.15) is 20.3 Å². The lowest BCUT2D eigenvalue weighted by Crippen LogP contribution is -2.39. The number of rotatable bonds is 6. The van der Waals surface area contributed by atoms with Crippen molar-refractivity contribution >= 4 is 21.7 Å². The van der Waals surface area contributed by atoms with Crippen LogP contribution in [0.4, 0.5) is 0 Å². The summed E-state index contributed by atoms with van der Waals surface area (Å²) < 4.78 is 27.9. The van der Waals surface area contributed by atoms with Gasteiger partial charge in [0.2, 0.25) is 5.91 Å². The van der Waals surface area contributed by atoms with E-state index in [4.69, 9.17) is 5.73 Å². The maximum Gasteiger partial charge on any atom is 0.309 e. The van der Waals surface area contributed by atoms with E-state index in [0.717, 1.165) is 0 Å². The second kappa shape index (κ2) is 5.83. The molecule has 0 saturated carbocycles. The van der Waals surface area contributed by atoms with Gasteiger partial charge in [-0.3, -0.25) is 9.59 Å². The van der Waals surface area contributed by atoms with Crippen molar-refractivity contribution in [2.75, 3.05) is 12.9 Å². The van der Waals surface area contributed by atoms with Gasteiger partial charge in [-0.1, -0.05) is 13.8 Å². The zero-order valence-corrected chi connectivity index (χ0v) is 10.4. The molecule has 16 heavy (non-hydrogen) atoms. The zero-order chi connectivity index (χ0) is 12.9. The average Bonchev–Trinajstić information content (AvgIpc) is 2.15. The maximum atomic E-state index is 11.7. The first-order chi connectivity index (χ1) is 7.26. The Balaban J connectivity index is 4.81. The molecule has 0 aliphatic heterocycles. The molecule has 2 atom stereocenters. The van der Waals surface area contributed by atoms with Gasteiger partial charge in [-0.05, 0) is 6.42 Å². The number of ether oxygens (including phenoxy) is 1. The minimum absolute atomic E-state index is 0.103. The van der Waals surface area contributed by atoms with Crippen LogP contribution in [0.5, 0.6) is 0 Å². The Kier molecular flexibility index (Phi) is 5.43. The summed E-state index contributed by atoms with van der Waals surface area (Å²) in [7, 11) is -2.52. The molecule has 0 saturated heterocycles. The molecule has 0 spiro atoms. The number of primary amides is 1. The van der Waals surface area contributed by atoms with E-state index in [1.165, 1.54) is 14.0 Å². The van der Waals surface area contributed by atoms with Crippen LogP contribution in [0.15, 0.2) is 0 Å². The van der Waals surface area contributed by atoms with Gasteiger partial charge in [-0.25, -0.2) is 8.42 Å². The Hall–Kier alpha value is -1.11. The number of carbonyl (C=O) groups is 2. The Labute approximate surface area is 95.1 Å². The van der Waals surface area contributed by atoms with Crippen LogP contribution in [0, 0.1) is 5.92 Å². The summed E-state index contributed by atoms with van der Waals surface area (Å²) >= 11 is 0. The largest absolute Gasteiger partial charge is 0.469 e. The number of sulfone groups is 1. The second-order valence-electron chi connectivity index (χ2n) is 3.55. The lowest BCUT2D eigenvalue weighted by atomic mass is 10.2. The summed E-state index contributed by atoms with van der Waals surface area (Å²) in [6.07, 6.45) is 0.103. The van der Waals surface area contributed by atoms with Crippen LogP contribution in [0.3, 0.4) is 0 Å². The van der Waals surface area contributed by atoms with Crippen molar-refractivity contribution in [3.05, 3.63) is 0 Å². The third-order valence-corrected chi connectivity index (χ3v) is 4.60. The first-order valence-electron chi connectivity index (χ1n) is 4.85. The van der Waals surface area contributed by atoms with Crippen LogP contribution >= 0.6 is 0 Å². The smallest absolute Gasteiger partial charge is 0.309 e. The fourth-order valence-electron chi connectivity index (χ4n) is 1.37. The summed E-state index contributed by atoms with van der Waals surface area (Å²) in [5.74, 6) is -2.74. The molecule has 0 aliphatic carbocycles. The molecule has 94 valence electrons. The lowest BCUT2D eigenvalue weighted by Gasteiger charge is -2.15. The molecule has 2 N–H and O–H groups in total. The van der Waals surface area contributed by atoms with Crippen LogP contribution < -0.4 is 5.73 Å². The van der Waals surface area contributed by atoms with Gasteiger partial charge in [0, 0.05) is 0 Å². The Morgan fingerprint density at radius 2 is 1.88 bits per heavy atom. The molecule has 0 fully saturated rings. The van der Waals surface area contributed by atoms with Gasteiger partial charge in [0.05, 0.1) is 18.8 Å². The molecule has 7 heteroatoms. The molecule has 0 rings (SSSR count). The summed E-state index contributed by atoms with van der Waals surface area (Å²) in [5, 5.41) is -1.24. The Morgan fingerprint density at radius 3 is 2.19 bits per heavy atom. The molecule has 2 unspecified atom stereocenters. The van der Waals surface area contributed by atoms with E-state index in [1.54, 1.807) is 6.92 Å². The molecule has 0 aromatic carbocycles. The number of hydrogen-bond acceptors (Lipinski definition) is 5. The molecule has 0 bridgehead atoms. The fourth-order valence-corrected chi connectivity index (χ4v) is 3.29. The van der Waals surface area contributed by atoms with Crippen molar-refractivity contribution < 1.29 is 22.7 Å². The third kappa shape index (κ3) is 3.80. The first-order valence-corrected chi connectivity index (χ1v) is 6.56. The van der Waals surface area contributed by atoms with Gasteiger partial charge in [0.25, 0.3) is 0 Å². The van der Waals surface area contributed by atoms with E-state index in [1.807, 2.05) is 0 Å². The fraction of sp³-hybridized carbons (Fsp3) is 0.778. The third-order valence-electron chi connectivity index (χ3n) is 2.21. The lowest BCUT2D eigenvalue weighted by molar-refractivity contribution is -0.144. The monoisotopic (exact) mass is 251 g/mol. The molecular weight excluding hydrogens is 234 g/mol. The van der Waals surface area contributed by atoms with Crippen LogP contribution in [0.25, 0.3) is 0 Å².